The van der Waals surface area contributed by atoms with Crippen molar-refractivity contribution in [3.05, 3.63) is 52.2 Å². The molecule has 2 aliphatic rings. The Balaban J connectivity index is 1.44. The molecule has 0 spiro atoms. The molecule has 0 aliphatic carbocycles. The van der Waals surface area contributed by atoms with Crippen LogP contribution in [0.15, 0.2) is 46.1 Å². The van der Waals surface area contributed by atoms with Crippen LogP contribution in [0.2, 0.25) is 0 Å². The molecule has 6 N–H and O–H groups in total. The fourth-order valence-corrected chi connectivity index (χ4v) is 5.54. The summed E-state index contributed by atoms with van der Waals surface area (Å²) in [5, 5.41) is 34.5. The number of nitrogens with one attached hydrogen (secondary N) is 1. The van der Waals surface area contributed by atoms with Gasteiger partial charge in [-0.2, -0.15) is 0 Å². The number of hydrogen-bond donors (Lipinski definition) is 5. The molecule has 2 aromatic rings. The van der Waals surface area contributed by atoms with E-state index in [0.717, 1.165) is 21.8 Å². The Morgan fingerprint density at radius 2 is 2.06 bits per heavy atom. The number of rotatable bonds is 9. The Bertz CT molecular complexity index is 1210. The van der Waals surface area contributed by atoms with E-state index in [0.29, 0.717) is 17.7 Å². The molecule has 0 radical (unpaired) electrons. The number of carbonyl (C=O) groups excluding carboxylic acids is 2. The summed E-state index contributed by atoms with van der Waals surface area (Å²) < 4.78 is 5.73. The van der Waals surface area contributed by atoms with E-state index in [1.165, 1.54) is 17.1 Å². The number of aliphatic carboxylic acids is 1. The van der Waals surface area contributed by atoms with E-state index < -0.39 is 34.9 Å². The Hall–Kier alpha value is -3.62. The van der Waals surface area contributed by atoms with Crippen LogP contribution in [-0.2, 0) is 20.8 Å². The fourth-order valence-electron chi connectivity index (χ4n) is 3.67. The zero-order valence-electron chi connectivity index (χ0n) is 18.1. The number of nitrogens with zero attached hydrogens (tertiary/aromatic N) is 3. The predicted molar refractivity (Wildman–Crippen MR) is 127 cm³/mol. The molecule has 35 heavy (non-hydrogen) atoms. The molecule has 12 nitrogen and oxygen atoms in total. The van der Waals surface area contributed by atoms with Crippen LogP contribution < -0.4 is 15.8 Å². The molecule has 0 bridgehead atoms. The number of aliphatic hydroxyl groups excluding tert-OH is 1. The summed E-state index contributed by atoms with van der Waals surface area (Å²) in [6.07, 6.45) is 0.519. The van der Waals surface area contributed by atoms with Gasteiger partial charge in [0.25, 0.3) is 11.8 Å². The average Bonchev–Trinajstić information content (AvgIpc) is 3.27. The van der Waals surface area contributed by atoms with Crippen LogP contribution in [0.25, 0.3) is 0 Å². The molecule has 1 fully saturated rings. The number of fused-ring (bicyclic) bond motifs is 1. The first-order chi connectivity index (χ1) is 16.8. The minimum absolute atomic E-state index is 0.0337. The van der Waals surface area contributed by atoms with Gasteiger partial charge >= 0.3 is 5.97 Å². The number of aromatic nitrogens is 1. The van der Waals surface area contributed by atoms with Crippen molar-refractivity contribution >= 4 is 51.7 Å². The van der Waals surface area contributed by atoms with E-state index in [1.54, 1.807) is 24.3 Å². The van der Waals surface area contributed by atoms with Crippen molar-refractivity contribution < 1.29 is 34.5 Å². The Kier molecular flexibility index (Phi) is 7.23. The highest BCUT2D eigenvalue weighted by Gasteiger charge is 2.54. The zero-order chi connectivity index (χ0) is 25.1. The third kappa shape index (κ3) is 4.94. The van der Waals surface area contributed by atoms with Gasteiger partial charge in [-0.25, -0.2) is 9.78 Å². The number of carboxylic acids is 1. The number of nitrogens with two attached hydrogens (primary N) is 1. The van der Waals surface area contributed by atoms with E-state index >= 15 is 0 Å². The Morgan fingerprint density at radius 3 is 2.66 bits per heavy atom. The van der Waals surface area contributed by atoms with Crippen molar-refractivity contribution in [3.63, 3.8) is 0 Å². The molecule has 1 aromatic heterocycles. The minimum atomic E-state index is -1.28. The highest BCUT2D eigenvalue weighted by atomic mass is 32.2. The van der Waals surface area contributed by atoms with Crippen molar-refractivity contribution in [1.82, 2.24) is 15.2 Å². The van der Waals surface area contributed by atoms with Gasteiger partial charge in [0.15, 0.2) is 10.8 Å². The van der Waals surface area contributed by atoms with Gasteiger partial charge in [-0.3, -0.25) is 14.5 Å². The van der Waals surface area contributed by atoms with Crippen molar-refractivity contribution in [2.45, 2.75) is 17.8 Å². The number of carbonyl (C=O) groups is 3. The average molecular weight is 520 g/mol. The third-order valence-corrected chi connectivity index (χ3v) is 7.37. The van der Waals surface area contributed by atoms with E-state index in [1.807, 2.05) is 0 Å². The highest BCUT2D eigenvalue weighted by Crippen LogP contribution is 2.40. The number of aliphatic hydroxyl groups is 1. The first-order valence-electron chi connectivity index (χ1n) is 10.3. The molecule has 14 heteroatoms. The minimum Gasteiger partial charge on any atom is -0.489 e. The lowest BCUT2D eigenvalue weighted by Crippen LogP contribution is -2.71. The van der Waals surface area contributed by atoms with Crippen molar-refractivity contribution in [2.75, 3.05) is 24.7 Å². The third-order valence-electron chi connectivity index (χ3n) is 5.35. The molecule has 2 aliphatic heterocycles. The predicted octanol–water partition coefficient (Wildman–Crippen LogP) is 0.256. The van der Waals surface area contributed by atoms with Crippen molar-refractivity contribution in [3.8, 4) is 5.75 Å². The molecule has 0 saturated carbocycles. The summed E-state index contributed by atoms with van der Waals surface area (Å²) >= 11 is 2.34. The highest BCUT2D eigenvalue weighted by molar-refractivity contribution is 8.00. The zero-order valence-corrected chi connectivity index (χ0v) is 19.7. The molecular formula is C21H21N5O7S2. The normalized spacial score (nSPS) is 19.7. The molecule has 1 unspecified atom stereocenters. The molecule has 3 heterocycles. The molecule has 2 amide bonds. The smallest absolute Gasteiger partial charge is 0.352 e. The SMILES string of the molecule is Nc1nc(/C(=N/O)C(=O)NC2C(=O)N3C(C(=O)O)=C(COc4ccc(CCO)cc4)CS[C@H]23)cs1. The summed E-state index contributed by atoms with van der Waals surface area (Å²) in [6, 6.07) is 6.05. The largest absolute Gasteiger partial charge is 0.489 e. The van der Waals surface area contributed by atoms with Crippen LogP contribution in [-0.4, -0.2) is 79.2 Å². The fraction of sp³-hybridized carbons (Fsp3) is 0.286. The van der Waals surface area contributed by atoms with Gasteiger partial charge in [0, 0.05) is 23.3 Å². The second kappa shape index (κ2) is 10.3. The number of hydrogen-bond acceptors (Lipinski definition) is 11. The van der Waals surface area contributed by atoms with Crippen LogP contribution in [0.1, 0.15) is 11.3 Å². The summed E-state index contributed by atoms with van der Waals surface area (Å²) in [5.41, 5.74) is 6.39. The standard InChI is InChI=1S/C21H21N5O7S2/c22-21-23-13(9-35-21)14(25-32)17(28)24-15-18(29)26-16(20(30)31)11(8-34-19(15)26)7-33-12-3-1-10(2-4-12)5-6-27/h1-4,9,15,19,27,32H,5-8H2,(H2,22,23)(H,24,28)(H,30,31)/b25-14-/t15?,19-/m1/s1. The number of oxime groups is 1. The number of benzene rings is 1. The van der Waals surface area contributed by atoms with Crippen LogP contribution in [0.5, 0.6) is 5.75 Å². The second-order valence-corrected chi connectivity index (χ2v) is 9.54. The van der Waals surface area contributed by atoms with Gasteiger partial charge in [-0.1, -0.05) is 17.3 Å². The van der Waals surface area contributed by atoms with Crippen LogP contribution >= 0.6 is 23.1 Å². The maximum absolute atomic E-state index is 12.8. The molecule has 184 valence electrons. The number of anilines is 1. The number of thiazole rings is 1. The monoisotopic (exact) mass is 519 g/mol. The lowest BCUT2D eigenvalue weighted by molar-refractivity contribution is -0.150. The van der Waals surface area contributed by atoms with Gasteiger partial charge in [0.2, 0.25) is 0 Å². The Morgan fingerprint density at radius 1 is 1.31 bits per heavy atom. The lowest BCUT2D eigenvalue weighted by Gasteiger charge is -2.49. The van der Waals surface area contributed by atoms with E-state index in [2.05, 4.69) is 15.5 Å². The van der Waals surface area contributed by atoms with Crippen LogP contribution in [0, 0.1) is 0 Å². The van der Waals surface area contributed by atoms with Crippen LogP contribution in [0.3, 0.4) is 0 Å². The maximum atomic E-state index is 12.8. The van der Waals surface area contributed by atoms with Crippen LogP contribution in [0.4, 0.5) is 5.13 Å². The summed E-state index contributed by atoms with van der Waals surface area (Å²) in [5.74, 6) is -1.92. The topological polar surface area (TPSA) is 188 Å². The summed E-state index contributed by atoms with van der Waals surface area (Å²) in [6.45, 7) is 0.000443. The number of amides is 2. The number of β-lactam (4-membered cyclic amide) rings is 1. The van der Waals surface area contributed by atoms with Gasteiger partial charge in [-0.05, 0) is 24.1 Å². The van der Waals surface area contributed by atoms with E-state index in [4.69, 9.17) is 15.6 Å². The molecular weight excluding hydrogens is 498 g/mol. The number of ether oxygens (including phenoxy) is 1. The van der Waals surface area contributed by atoms with Gasteiger partial charge < -0.3 is 31.2 Å². The molecule has 1 saturated heterocycles. The number of nitrogen functional groups attached to an aromatic ring is 1. The van der Waals surface area contributed by atoms with E-state index in [-0.39, 0.29) is 35.5 Å². The number of thioether (sulfide) groups is 1. The van der Waals surface area contributed by atoms with Gasteiger partial charge in [0.1, 0.15) is 35.2 Å². The summed E-state index contributed by atoms with van der Waals surface area (Å²) in [7, 11) is 0. The second-order valence-electron chi connectivity index (χ2n) is 7.54. The molecule has 2 atom stereocenters. The van der Waals surface area contributed by atoms with Gasteiger partial charge in [0.05, 0.1) is 0 Å². The Labute approximate surface area is 207 Å². The maximum Gasteiger partial charge on any atom is 0.352 e. The van der Waals surface area contributed by atoms with Gasteiger partial charge in [-0.15, -0.1) is 23.1 Å². The molecule has 1 aromatic carbocycles. The first-order valence-corrected chi connectivity index (χ1v) is 12.2. The van der Waals surface area contributed by atoms with Crippen molar-refractivity contribution in [1.29, 1.82) is 0 Å². The molecule has 4 rings (SSSR count). The summed E-state index contributed by atoms with van der Waals surface area (Å²) in [4.78, 5) is 42.4. The van der Waals surface area contributed by atoms with Crippen molar-refractivity contribution in [2.24, 2.45) is 5.16 Å². The first kappa shape index (κ1) is 24.5. The quantitative estimate of drug-likeness (QED) is 0.133. The number of carboxylic acid groups (broad SMARTS) is 1. The lowest BCUT2D eigenvalue weighted by atomic mass is 10.0. The van der Waals surface area contributed by atoms with E-state index in [9.17, 15) is 24.7 Å².